The Hall–Kier alpha value is -2.76. The van der Waals surface area contributed by atoms with Gasteiger partial charge < -0.3 is 19.1 Å². The van der Waals surface area contributed by atoms with E-state index in [1.807, 2.05) is 40.9 Å². The van der Waals surface area contributed by atoms with Gasteiger partial charge in [0.25, 0.3) is 5.91 Å². The van der Waals surface area contributed by atoms with E-state index in [0.29, 0.717) is 36.9 Å². The smallest absolute Gasteiger partial charge is 0.254 e. The summed E-state index contributed by atoms with van der Waals surface area (Å²) < 4.78 is 7.28. The number of aryl methyl sites for hydroxylation is 1. The molecule has 1 aromatic carbocycles. The summed E-state index contributed by atoms with van der Waals surface area (Å²) in [5.74, 6) is 0.802. The number of benzene rings is 1. The average Bonchev–Trinajstić information content (AvgIpc) is 3.14. The molecule has 0 N–H and O–H groups in total. The lowest BCUT2D eigenvalue weighted by molar-refractivity contribution is -0.133. The van der Waals surface area contributed by atoms with Gasteiger partial charge in [0.15, 0.2) is 0 Å². The van der Waals surface area contributed by atoms with Crippen molar-refractivity contribution in [3.8, 4) is 5.75 Å². The minimum absolute atomic E-state index is 0.0303. The maximum atomic E-state index is 13.2. The number of carbonyl (C=O) groups is 2. The number of aromatic nitrogens is 1. The van der Waals surface area contributed by atoms with Gasteiger partial charge in [0.2, 0.25) is 5.91 Å². The fraction of sp³-hybridized carbons (Fsp3) is 0.500. The molecule has 1 heterocycles. The second-order valence-corrected chi connectivity index (χ2v) is 8.09. The monoisotopic (exact) mass is 413 g/mol. The molecule has 0 aliphatic carbocycles. The van der Waals surface area contributed by atoms with Gasteiger partial charge >= 0.3 is 0 Å². The predicted octanol–water partition coefficient (Wildman–Crippen LogP) is 3.96. The largest absolute Gasteiger partial charge is 0.497 e. The molecule has 2 amide bonds. The van der Waals surface area contributed by atoms with E-state index in [1.54, 1.807) is 30.2 Å². The molecule has 0 aliphatic heterocycles. The third kappa shape index (κ3) is 6.65. The topological polar surface area (TPSA) is 54.8 Å². The maximum absolute atomic E-state index is 13.2. The highest BCUT2D eigenvalue weighted by molar-refractivity contribution is 5.96. The number of carbonyl (C=O) groups excluding carboxylic acids is 2. The van der Waals surface area contributed by atoms with Crippen molar-refractivity contribution in [2.75, 3.05) is 26.7 Å². The van der Waals surface area contributed by atoms with E-state index in [-0.39, 0.29) is 18.4 Å². The molecule has 1 aromatic heterocycles. The van der Waals surface area contributed by atoms with E-state index < -0.39 is 0 Å². The van der Waals surface area contributed by atoms with Gasteiger partial charge in [0.05, 0.1) is 13.7 Å². The molecule has 2 aromatic rings. The van der Waals surface area contributed by atoms with Crippen molar-refractivity contribution in [3.63, 3.8) is 0 Å². The van der Waals surface area contributed by atoms with E-state index in [1.165, 1.54) is 0 Å². The van der Waals surface area contributed by atoms with Crippen molar-refractivity contribution in [2.45, 2.75) is 40.2 Å². The van der Waals surface area contributed by atoms with Crippen LogP contribution in [0.2, 0.25) is 0 Å². The lowest BCUT2D eigenvalue weighted by Crippen LogP contribution is -2.44. The Morgan fingerprint density at radius 1 is 1.13 bits per heavy atom. The summed E-state index contributed by atoms with van der Waals surface area (Å²) in [7, 11) is 3.56. The van der Waals surface area contributed by atoms with Gasteiger partial charge in [-0.05, 0) is 42.7 Å². The fourth-order valence-electron chi connectivity index (χ4n) is 3.35. The summed E-state index contributed by atoms with van der Waals surface area (Å²) >= 11 is 0. The zero-order valence-electron chi connectivity index (χ0n) is 18.9. The van der Waals surface area contributed by atoms with Gasteiger partial charge in [-0.2, -0.15) is 0 Å². The van der Waals surface area contributed by atoms with Crippen LogP contribution in [0.1, 0.15) is 49.7 Å². The first-order chi connectivity index (χ1) is 14.3. The highest BCUT2D eigenvalue weighted by Crippen LogP contribution is 2.16. The van der Waals surface area contributed by atoms with Crippen molar-refractivity contribution in [2.24, 2.45) is 13.0 Å². The number of rotatable bonds is 11. The van der Waals surface area contributed by atoms with E-state index in [9.17, 15) is 9.59 Å². The van der Waals surface area contributed by atoms with Crippen LogP contribution < -0.4 is 4.74 Å². The number of hydrogen-bond acceptors (Lipinski definition) is 3. The molecule has 0 spiro atoms. The van der Waals surface area contributed by atoms with Crippen molar-refractivity contribution in [1.82, 2.24) is 14.4 Å². The van der Waals surface area contributed by atoms with Crippen LogP contribution in [-0.2, 0) is 18.4 Å². The van der Waals surface area contributed by atoms with Crippen LogP contribution in [0.3, 0.4) is 0 Å². The van der Waals surface area contributed by atoms with E-state index in [4.69, 9.17) is 4.74 Å². The van der Waals surface area contributed by atoms with Gasteiger partial charge in [-0.25, -0.2) is 0 Å². The summed E-state index contributed by atoms with van der Waals surface area (Å²) in [6.45, 7) is 8.10. The Morgan fingerprint density at radius 2 is 1.90 bits per heavy atom. The first-order valence-corrected chi connectivity index (χ1v) is 10.7. The molecule has 30 heavy (non-hydrogen) atoms. The van der Waals surface area contributed by atoms with E-state index >= 15 is 0 Å². The number of nitrogens with zero attached hydrogens (tertiary/aromatic N) is 3. The molecule has 164 valence electrons. The number of hydrogen-bond donors (Lipinski definition) is 0. The van der Waals surface area contributed by atoms with Crippen LogP contribution in [0.5, 0.6) is 5.75 Å². The zero-order chi connectivity index (χ0) is 22.1. The third-order valence-electron chi connectivity index (χ3n) is 5.05. The lowest BCUT2D eigenvalue weighted by Gasteiger charge is -2.29. The standard InChI is InChI=1S/C24H35N3O3/c1-6-7-14-26(24(29)20-10-8-12-22(15-20)30-5)18-23(28)27(16-19(2)3)17-21-11-9-13-25(21)4/h8-13,15,19H,6-7,14,16-18H2,1-5H3. The van der Waals surface area contributed by atoms with Crippen LogP contribution in [0.25, 0.3) is 0 Å². The summed E-state index contributed by atoms with van der Waals surface area (Å²) in [5.41, 5.74) is 1.61. The molecule has 6 nitrogen and oxygen atoms in total. The van der Waals surface area contributed by atoms with Crippen LogP contribution in [0.4, 0.5) is 0 Å². The quantitative estimate of drug-likeness (QED) is 0.560. The van der Waals surface area contributed by atoms with E-state index in [2.05, 4.69) is 20.8 Å². The Morgan fingerprint density at radius 3 is 2.50 bits per heavy atom. The van der Waals surface area contributed by atoms with Crippen LogP contribution in [0.15, 0.2) is 42.6 Å². The van der Waals surface area contributed by atoms with Gasteiger partial charge in [0, 0.05) is 37.6 Å². The Balaban J connectivity index is 2.19. The molecule has 0 bridgehead atoms. The normalized spacial score (nSPS) is 10.9. The second kappa shape index (κ2) is 11.4. The molecular formula is C24H35N3O3. The van der Waals surface area contributed by atoms with Gasteiger partial charge in [-0.15, -0.1) is 0 Å². The van der Waals surface area contributed by atoms with Crippen molar-refractivity contribution < 1.29 is 14.3 Å². The molecular weight excluding hydrogens is 378 g/mol. The van der Waals surface area contributed by atoms with Crippen LogP contribution in [0, 0.1) is 5.92 Å². The molecule has 0 radical (unpaired) electrons. The number of unbranched alkanes of at least 4 members (excludes halogenated alkanes) is 1. The molecule has 0 aliphatic rings. The zero-order valence-corrected chi connectivity index (χ0v) is 18.9. The first-order valence-electron chi connectivity index (χ1n) is 10.7. The molecule has 0 saturated carbocycles. The SMILES string of the molecule is CCCCN(CC(=O)N(Cc1cccn1C)CC(C)C)C(=O)c1cccc(OC)c1. The highest BCUT2D eigenvalue weighted by Gasteiger charge is 2.23. The average molecular weight is 414 g/mol. The minimum atomic E-state index is -0.140. The molecule has 0 saturated heterocycles. The summed E-state index contributed by atoms with van der Waals surface area (Å²) in [6.07, 6.45) is 3.79. The number of amides is 2. The second-order valence-electron chi connectivity index (χ2n) is 8.09. The van der Waals surface area contributed by atoms with Crippen LogP contribution in [-0.4, -0.2) is 52.9 Å². The van der Waals surface area contributed by atoms with Crippen molar-refractivity contribution in [3.05, 3.63) is 53.9 Å². The predicted molar refractivity (Wildman–Crippen MR) is 119 cm³/mol. The minimum Gasteiger partial charge on any atom is -0.497 e. The lowest BCUT2D eigenvalue weighted by atomic mass is 10.1. The number of methoxy groups -OCH3 is 1. The molecule has 0 atom stereocenters. The van der Waals surface area contributed by atoms with Gasteiger partial charge in [-0.3, -0.25) is 9.59 Å². The molecule has 2 rings (SSSR count). The third-order valence-corrected chi connectivity index (χ3v) is 5.05. The van der Waals surface area contributed by atoms with Gasteiger partial charge in [-0.1, -0.05) is 33.3 Å². The first kappa shape index (κ1) is 23.5. The highest BCUT2D eigenvalue weighted by atomic mass is 16.5. The Kier molecular flexibility index (Phi) is 8.96. The summed E-state index contributed by atoms with van der Waals surface area (Å²) in [4.78, 5) is 29.9. The molecule has 0 fully saturated rings. The summed E-state index contributed by atoms with van der Waals surface area (Å²) in [5, 5.41) is 0. The number of ether oxygens (including phenoxy) is 1. The van der Waals surface area contributed by atoms with Crippen LogP contribution >= 0.6 is 0 Å². The maximum Gasteiger partial charge on any atom is 0.254 e. The summed E-state index contributed by atoms with van der Waals surface area (Å²) in [6, 6.07) is 11.1. The Labute approximate surface area is 180 Å². The molecule has 6 heteroatoms. The van der Waals surface area contributed by atoms with Crippen molar-refractivity contribution in [1.29, 1.82) is 0 Å². The van der Waals surface area contributed by atoms with E-state index in [0.717, 1.165) is 18.5 Å². The fourth-order valence-corrected chi connectivity index (χ4v) is 3.35. The molecule has 0 unspecified atom stereocenters. The Bertz CT molecular complexity index is 829. The van der Waals surface area contributed by atoms with Gasteiger partial charge in [0.1, 0.15) is 12.3 Å². The van der Waals surface area contributed by atoms with Crippen molar-refractivity contribution >= 4 is 11.8 Å².